The second-order valence-electron chi connectivity index (χ2n) is 5.57. The first kappa shape index (κ1) is 18.9. The van der Waals surface area contributed by atoms with Crippen molar-refractivity contribution in [3.05, 3.63) is 0 Å². The third-order valence-electron chi connectivity index (χ3n) is 3.93. The van der Waals surface area contributed by atoms with Crippen LogP contribution in [-0.2, 0) is 14.2 Å². The molecule has 10 atom stereocenters. The predicted octanol–water partition coefficient (Wildman–Crippen LogP) is -5.40. The second kappa shape index (κ2) is 7.63. The highest BCUT2D eigenvalue weighted by Crippen LogP contribution is 2.26. The molecule has 2 saturated heterocycles. The zero-order chi connectivity index (χ0) is 17.3. The summed E-state index contributed by atoms with van der Waals surface area (Å²) in [6, 6.07) is 0. The number of aliphatic hydroxyl groups is 8. The topological polar surface area (TPSA) is 190 Å². The first-order valence-electron chi connectivity index (χ1n) is 7.07. The standard InChI is InChI=1S/C12H22O11/c13-1-3(14)10-7(17)9(19)12(23-10)21-2-4-5(15)6(16)8(18)11(20)22-4/h3-20H,1-2H2/t3-,4-,5-,6+,7-,8-,9-,10+,11-,12-/m1/s1. The van der Waals surface area contributed by atoms with Gasteiger partial charge < -0.3 is 55.1 Å². The van der Waals surface area contributed by atoms with Crippen molar-refractivity contribution in [2.75, 3.05) is 13.2 Å². The Morgan fingerprint density at radius 1 is 0.826 bits per heavy atom. The van der Waals surface area contributed by atoms with Gasteiger partial charge in [0.25, 0.3) is 0 Å². The Morgan fingerprint density at radius 3 is 2.09 bits per heavy atom. The Balaban J connectivity index is 1.90. The van der Waals surface area contributed by atoms with E-state index in [4.69, 9.17) is 19.3 Å². The summed E-state index contributed by atoms with van der Waals surface area (Å²) in [4.78, 5) is 0. The largest absolute Gasteiger partial charge is 0.394 e. The fourth-order valence-corrected chi connectivity index (χ4v) is 2.49. The van der Waals surface area contributed by atoms with Gasteiger partial charge in [-0.15, -0.1) is 0 Å². The molecular formula is C12H22O11. The van der Waals surface area contributed by atoms with Gasteiger partial charge in [-0.2, -0.15) is 0 Å². The average Bonchev–Trinajstić information content (AvgIpc) is 2.82. The molecule has 0 aromatic rings. The third-order valence-corrected chi connectivity index (χ3v) is 3.93. The maximum absolute atomic E-state index is 9.78. The molecule has 0 aromatic carbocycles. The van der Waals surface area contributed by atoms with E-state index in [0.29, 0.717) is 0 Å². The Morgan fingerprint density at radius 2 is 1.48 bits per heavy atom. The molecule has 0 aromatic heterocycles. The number of ether oxygens (including phenoxy) is 3. The molecular weight excluding hydrogens is 320 g/mol. The van der Waals surface area contributed by atoms with Crippen molar-refractivity contribution in [3.63, 3.8) is 0 Å². The molecule has 0 unspecified atom stereocenters. The highest BCUT2D eigenvalue weighted by molar-refractivity contribution is 4.92. The van der Waals surface area contributed by atoms with Crippen molar-refractivity contribution in [3.8, 4) is 0 Å². The van der Waals surface area contributed by atoms with Crippen LogP contribution in [0.5, 0.6) is 0 Å². The fourth-order valence-electron chi connectivity index (χ4n) is 2.49. The molecule has 0 aliphatic carbocycles. The van der Waals surface area contributed by atoms with Crippen LogP contribution in [0.3, 0.4) is 0 Å². The van der Waals surface area contributed by atoms with E-state index >= 15 is 0 Å². The normalized spacial score (nSPS) is 49.3. The van der Waals surface area contributed by atoms with Crippen LogP contribution >= 0.6 is 0 Å². The van der Waals surface area contributed by atoms with E-state index in [9.17, 15) is 35.7 Å². The Labute approximate surface area is 130 Å². The molecule has 0 bridgehead atoms. The zero-order valence-electron chi connectivity index (χ0n) is 12.0. The van der Waals surface area contributed by atoms with Gasteiger partial charge in [-0.3, -0.25) is 0 Å². The molecule has 136 valence electrons. The van der Waals surface area contributed by atoms with Crippen LogP contribution in [0.25, 0.3) is 0 Å². The second-order valence-corrected chi connectivity index (χ2v) is 5.57. The average molecular weight is 342 g/mol. The number of aliphatic hydroxyl groups excluding tert-OH is 8. The molecule has 2 aliphatic heterocycles. The van der Waals surface area contributed by atoms with Crippen LogP contribution in [0.4, 0.5) is 0 Å². The summed E-state index contributed by atoms with van der Waals surface area (Å²) in [6.07, 6.45) is -15.0. The summed E-state index contributed by atoms with van der Waals surface area (Å²) in [5.74, 6) is 0. The van der Waals surface area contributed by atoms with Gasteiger partial charge in [0, 0.05) is 0 Å². The lowest BCUT2D eigenvalue weighted by atomic mass is 9.99. The minimum Gasteiger partial charge on any atom is -0.394 e. The highest BCUT2D eigenvalue weighted by atomic mass is 16.7. The fraction of sp³-hybridized carbons (Fsp3) is 1.00. The molecule has 2 heterocycles. The van der Waals surface area contributed by atoms with E-state index in [1.807, 2.05) is 0 Å². The molecule has 11 heteroatoms. The lowest BCUT2D eigenvalue weighted by Gasteiger charge is -2.38. The summed E-state index contributed by atoms with van der Waals surface area (Å²) in [5.41, 5.74) is 0. The number of hydrogen-bond acceptors (Lipinski definition) is 11. The van der Waals surface area contributed by atoms with Gasteiger partial charge in [0.1, 0.15) is 48.8 Å². The van der Waals surface area contributed by atoms with Crippen LogP contribution in [-0.4, -0.2) is 115 Å². The lowest BCUT2D eigenvalue weighted by molar-refractivity contribution is -0.298. The SMILES string of the molecule is OC[C@@H](O)[C@@H]1O[C@@H](OC[C@H]2O[C@@H](O)[C@H](O)[C@@H](O)[C@@H]2O)[C@H](O)[C@H]1O. The number of hydrogen-bond donors (Lipinski definition) is 8. The van der Waals surface area contributed by atoms with Gasteiger partial charge in [-0.25, -0.2) is 0 Å². The minimum atomic E-state index is -1.73. The van der Waals surface area contributed by atoms with Gasteiger partial charge in [0.05, 0.1) is 13.2 Å². The highest BCUT2D eigenvalue weighted by Gasteiger charge is 2.48. The number of rotatable bonds is 5. The first-order valence-corrected chi connectivity index (χ1v) is 7.07. The summed E-state index contributed by atoms with van der Waals surface area (Å²) in [6.45, 7) is -1.14. The van der Waals surface area contributed by atoms with E-state index in [1.54, 1.807) is 0 Å². The predicted molar refractivity (Wildman–Crippen MR) is 68.6 cm³/mol. The van der Waals surface area contributed by atoms with Gasteiger partial charge in [0.15, 0.2) is 12.6 Å². The van der Waals surface area contributed by atoms with E-state index < -0.39 is 74.6 Å². The van der Waals surface area contributed by atoms with Crippen molar-refractivity contribution in [1.29, 1.82) is 0 Å². The van der Waals surface area contributed by atoms with Crippen LogP contribution in [0.2, 0.25) is 0 Å². The van der Waals surface area contributed by atoms with Crippen LogP contribution < -0.4 is 0 Å². The molecule has 0 saturated carbocycles. The third kappa shape index (κ3) is 3.81. The van der Waals surface area contributed by atoms with Gasteiger partial charge in [-0.05, 0) is 0 Å². The van der Waals surface area contributed by atoms with Gasteiger partial charge in [0.2, 0.25) is 0 Å². The Hall–Kier alpha value is -0.440. The van der Waals surface area contributed by atoms with Gasteiger partial charge >= 0.3 is 0 Å². The van der Waals surface area contributed by atoms with E-state index in [0.717, 1.165) is 0 Å². The quantitative estimate of drug-likeness (QED) is 0.238. The summed E-state index contributed by atoms with van der Waals surface area (Å²) < 4.78 is 15.1. The van der Waals surface area contributed by atoms with Gasteiger partial charge in [-0.1, -0.05) is 0 Å². The molecule has 23 heavy (non-hydrogen) atoms. The summed E-state index contributed by atoms with van der Waals surface area (Å²) >= 11 is 0. The summed E-state index contributed by atoms with van der Waals surface area (Å²) in [5, 5.41) is 75.8. The lowest BCUT2D eigenvalue weighted by Crippen LogP contribution is -2.58. The Bertz CT molecular complexity index is 382. The van der Waals surface area contributed by atoms with Crippen molar-refractivity contribution in [1.82, 2.24) is 0 Å². The first-order chi connectivity index (χ1) is 10.8. The molecule has 2 fully saturated rings. The smallest absolute Gasteiger partial charge is 0.186 e. The van der Waals surface area contributed by atoms with Crippen molar-refractivity contribution >= 4 is 0 Å². The van der Waals surface area contributed by atoms with E-state index in [1.165, 1.54) is 0 Å². The Kier molecular flexibility index (Phi) is 6.27. The monoisotopic (exact) mass is 342 g/mol. The maximum Gasteiger partial charge on any atom is 0.186 e. The molecule has 2 rings (SSSR count). The minimum absolute atomic E-state index is 0.446. The molecule has 0 spiro atoms. The zero-order valence-corrected chi connectivity index (χ0v) is 12.0. The van der Waals surface area contributed by atoms with E-state index in [2.05, 4.69) is 0 Å². The molecule has 8 N–H and O–H groups in total. The molecule has 0 radical (unpaired) electrons. The van der Waals surface area contributed by atoms with E-state index in [-0.39, 0.29) is 0 Å². The molecule has 2 aliphatic rings. The summed E-state index contributed by atoms with van der Waals surface area (Å²) in [7, 11) is 0. The van der Waals surface area contributed by atoms with Crippen molar-refractivity contribution < 1.29 is 55.1 Å². The molecule has 0 amide bonds. The maximum atomic E-state index is 9.78. The van der Waals surface area contributed by atoms with Crippen molar-refractivity contribution in [2.24, 2.45) is 0 Å². The van der Waals surface area contributed by atoms with Crippen LogP contribution in [0.15, 0.2) is 0 Å². The van der Waals surface area contributed by atoms with Crippen LogP contribution in [0.1, 0.15) is 0 Å². The van der Waals surface area contributed by atoms with Crippen LogP contribution in [0, 0.1) is 0 Å². The molecule has 11 nitrogen and oxygen atoms in total. The van der Waals surface area contributed by atoms with Crippen molar-refractivity contribution in [2.45, 2.75) is 61.4 Å².